The number of benzene rings is 2. The number of rotatable bonds is 7. The first kappa shape index (κ1) is 16.8. The van der Waals surface area contributed by atoms with Crippen molar-refractivity contribution in [2.75, 3.05) is 18.6 Å². The van der Waals surface area contributed by atoms with Gasteiger partial charge in [-0.1, -0.05) is 30.3 Å². The third kappa shape index (κ3) is 3.35. The van der Waals surface area contributed by atoms with E-state index >= 15 is 0 Å². The molecule has 1 heterocycles. The Balaban J connectivity index is 1.79. The van der Waals surface area contributed by atoms with Crippen LogP contribution in [0.5, 0.6) is 5.75 Å². The standard InChI is InChI=1S/C21H24N4O/c1-26-19-9-5-2-6-15(19)14-25(16-10-11-16)21-17-7-3-4-8-18(17)23-20(24-21)12-13-22/h2-9,16H,10-14,22H2,1H3. The summed E-state index contributed by atoms with van der Waals surface area (Å²) in [5.74, 6) is 2.73. The molecule has 5 heteroatoms. The minimum Gasteiger partial charge on any atom is -0.496 e. The molecule has 0 unspecified atom stereocenters. The molecule has 2 N–H and O–H groups in total. The Morgan fingerprint density at radius 3 is 2.62 bits per heavy atom. The van der Waals surface area contributed by atoms with Gasteiger partial charge < -0.3 is 15.4 Å². The van der Waals surface area contributed by atoms with E-state index in [1.165, 1.54) is 18.4 Å². The topological polar surface area (TPSA) is 64.3 Å². The molecule has 134 valence electrons. The van der Waals surface area contributed by atoms with Crippen molar-refractivity contribution < 1.29 is 4.74 Å². The zero-order valence-corrected chi connectivity index (χ0v) is 15.1. The second kappa shape index (κ2) is 7.30. The lowest BCUT2D eigenvalue weighted by Gasteiger charge is -2.26. The first-order valence-electron chi connectivity index (χ1n) is 9.14. The summed E-state index contributed by atoms with van der Waals surface area (Å²) in [7, 11) is 1.72. The number of nitrogens with two attached hydrogens (primary N) is 1. The molecule has 4 rings (SSSR count). The Bertz CT molecular complexity index is 907. The zero-order chi connectivity index (χ0) is 17.9. The largest absolute Gasteiger partial charge is 0.496 e. The van der Waals surface area contributed by atoms with Gasteiger partial charge in [0, 0.05) is 30.0 Å². The van der Waals surface area contributed by atoms with Crippen molar-refractivity contribution in [3.8, 4) is 5.75 Å². The van der Waals surface area contributed by atoms with Crippen LogP contribution in [0.15, 0.2) is 48.5 Å². The fourth-order valence-electron chi connectivity index (χ4n) is 3.35. The van der Waals surface area contributed by atoms with E-state index in [0.717, 1.165) is 34.8 Å². The number of aromatic nitrogens is 2. The second-order valence-electron chi connectivity index (χ2n) is 6.69. The number of methoxy groups -OCH3 is 1. The van der Waals surface area contributed by atoms with Crippen molar-refractivity contribution >= 4 is 16.7 Å². The molecule has 0 atom stereocenters. The molecule has 1 saturated carbocycles. The minimum absolute atomic E-state index is 0.518. The average Bonchev–Trinajstić information content (AvgIpc) is 3.51. The summed E-state index contributed by atoms with van der Waals surface area (Å²) in [5, 5.41) is 1.09. The molecule has 0 spiro atoms. The minimum atomic E-state index is 0.518. The molecule has 1 aliphatic carbocycles. The molecular weight excluding hydrogens is 324 g/mol. The maximum absolute atomic E-state index is 5.75. The van der Waals surface area contributed by atoms with Crippen LogP contribution >= 0.6 is 0 Å². The third-order valence-corrected chi connectivity index (χ3v) is 4.79. The van der Waals surface area contributed by atoms with Gasteiger partial charge in [-0.15, -0.1) is 0 Å². The van der Waals surface area contributed by atoms with E-state index in [0.29, 0.717) is 19.0 Å². The Morgan fingerprint density at radius 2 is 1.85 bits per heavy atom. The van der Waals surface area contributed by atoms with Crippen molar-refractivity contribution in [3.63, 3.8) is 0 Å². The SMILES string of the molecule is COc1ccccc1CN(c1nc(CCN)nc2ccccc12)C1CC1. The van der Waals surface area contributed by atoms with E-state index < -0.39 is 0 Å². The van der Waals surface area contributed by atoms with Gasteiger partial charge in [0.15, 0.2) is 0 Å². The number of para-hydroxylation sites is 2. The van der Waals surface area contributed by atoms with E-state index in [-0.39, 0.29) is 0 Å². The van der Waals surface area contributed by atoms with Crippen molar-refractivity contribution in [1.82, 2.24) is 9.97 Å². The number of hydrogen-bond donors (Lipinski definition) is 1. The zero-order valence-electron chi connectivity index (χ0n) is 15.1. The number of ether oxygens (including phenoxy) is 1. The molecule has 0 saturated heterocycles. The molecule has 0 bridgehead atoms. The van der Waals surface area contributed by atoms with Gasteiger partial charge in [0.1, 0.15) is 17.4 Å². The van der Waals surface area contributed by atoms with Crippen molar-refractivity contribution in [1.29, 1.82) is 0 Å². The highest BCUT2D eigenvalue weighted by Crippen LogP contribution is 2.36. The van der Waals surface area contributed by atoms with Crippen LogP contribution in [0.25, 0.3) is 10.9 Å². The summed E-state index contributed by atoms with van der Waals surface area (Å²) in [4.78, 5) is 12.0. The smallest absolute Gasteiger partial charge is 0.140 e. The Kier molecular flexibility index (Phi) is 4.71. The van der Waals surface area contributed by atoms with E-state index in [4.69, 9.17) is 15.5 Å². The fourth-order valence-corrected chi connectivity index (χ4v) is 3.35. The maximum Gasteiger partial charge on any atom is 0.140 e. The van der Waals surface area contributed by atoms with Gasteiger partial charge in [-0.3, -0.25) is 0 Å². The maximum atomic E-state index is 5.75. The number of hydrogen-bond acceptors (Lipinski definition) is 5. The molecule has 2 aromatic carbocycles. The monoisotopic (exact) mass is 348 g/mol. The van der Waals surface area contributed by atoms with Crippen LogP contribution in [0.2, 0.25) is 0 Å². The van der Waals surface area contributed by atoms with Gasteiger partial charge in [-0.05, 0) is 37.6 Å². The van der Waals surface area contributed by atoms with E-state index in [1.807, 2.05) is 24.3 Å². The van der Waals surface area contributed by atoms with Gasteiger partial charge in [0.2, 0.25) is 0 Å². The lowest BCUT2D eigenvalue weighted by Crippen LogP contribution is -2.27. The molecule has 1 aliphatic rings. The summed E-state index contributed by atoms with van der Waals surface area (Å²) in [6.07, 6.45) is 3.07. The molecule has 3 aromatic rings. The van der Waals surface area contributed by atoms with Gasteiger partial charge >= 0.3 is 0 Å². The molecule has 0 radical (unpaired) electrons. The third-order valence-electron chi connectivity index (χ3n) is 4.79. The Morgan fingerprint density at radius 1 is 1.08 bits per heavy atom. The molecule has 26 heavy (non-hydrogen) atoms. The highest BCUT2D eigenvalue weighted by molar-refractivity contribution is 5.89. The van der Waals surface area contributed by atoms with Crippen LogP contribution in [-0.4, -0.2) is 29.7 Å². The highest BCUT2D eigenvalue weighted by Gasteiger charge is 2.32. The average molecular weight is 348 g/mol. The fraction of sp³-hybridized carbons (Fsp3) is 0.333. The summed E-state index contributed by atoms with van der Waals surface area (Å²) >= 11 is 0. The predicted molar refractivity (Wildman–Crippen MR) is 104 cm³/mol. The first-order chi connectivity index (χ1) is 12.8. The van der Waals surface area contributed by atoms with Gasteiger partial charge in [-0.25, -0.2) is 9.97 Å². The number of fused-ring (bicyclic) bond motifs is 1. The quantitative estimate of drug-likeness (QED) is 0.710. The van der Waals surface area contributed by atoms with Crippen molar-refractivity contribution in [2.24, 2.45) is 5.73 Å². The first-order valence-corrected chi connectivity index (χ1v) is 9.14. The van der Waals surface area contributed by atoms with Crippen LogP contribution in [-0.2, 0) is 13.0 Å². The van der Waals surface area contributed by atoms with Gasteiger partial charge in [0.05, 0.1) is 12.6 Å². The number of nitrogens with zero attached hydrogens (tertiary/aromatic N) is 3. The molecule has 0 amide bonds. The number of anilines is 1. The Hall–Kier alpha value is -2.66. The van der Waals surface area contributed by atoms with E-state index in [2.05, 4.69) is 34.1 Å². The second-order valence-corrected chi connectivity index (χ2v) is 6.69. The van der Waals surface area contributed by atoms with Crippen LogP contribution in [0.1, 0.15) is 24.2 Å². The summed E-state index contributed by atoms with van der Waals surface area (Å²) in [6, 6.07) is 16.9. The van der Waals surface area contributed by atoms with Crippen LogP contribution in [0.3, 0.4) is 0 Å². The highest BCUT2D eigenvalue weighted by atomic mass is 16.5. The van der Waals surface area contributed by atoms with Gasteiger partial charge in [-0.2, -0.15) is 0 Å². The van der Waals surface area contributed by atoms with Crippen LogP contribution in [0.4, 0.5) is 5.82 Å². The summed E-state index contributed by atoms with van der Waals surface area (Å²) in [5.41, 5.74) is 7.90. The lowest BCUT2D eigenvalue weighted by molar-refractivity contribution is 0.409. The van der Waals surface area contributed by atoms with E-state index in [1.54, 1.807) is 7.11 Å². The summed E-state index contributed by atoms with van der Waals surface area (Å²) < 4.78 is 5.56. The molecule has 1 aromatic heterocycles. The molecule has 1 fully saturated rings. The Labute approximate surface area is 153 Å². The normalized spacial score (nSPS) is 13.8. The van der Waals surface area contributed by atoms with E-state index in [9.17, 15) is 0 Å². The van der Waals surface area contributed by atoms with Crippen molar-refractivity contribution in [2.45, 2.75) is 31.8 Å². The predicted octanol–water partition coefficient (Wildman–Crippen LogP) is 3.31. The van der Waals surface area contributed by atoms with Crippen molar-refractivity contribution in [3.05, 3.63) is 59.9 Å². The molecular formula is C21H24N4O. The summed E-state index contributed by atoms with van der Waals surface area (Å²) in [6.45, 7) is 1.32. The molecule has 0 aliphatic heterocycles. The van der Waals surface area contributed by atoms with Gasteiger partial charge in [0.25, 0.3) is 0 Å². The van der Waals surface area contributed by atoms with Crippen LogP contribution in [0, 0.1) is 0 Å². The molecule has 5 nitrogen and oxygen atoms in total. The lowest BCUT2D eigenvalue weighted by atomic mass is 10.1. The van der Waals surface area contributed by atoms with Crippen LogP contribution < -0.4 is 15.4 Å².